The molecule has 4 heteroatoms. The van der Waals surface area contributed by atoms with Crippen LogP contribution in [-0.2, 0) is 0 Å². The maximum absolute atomic E-state index is 5.85. The number of hydrogen-bond acceptors (Lipinski definition) is 3. The average molecular weight is 162 g/mol. The summed E-state index contributed by atoms with van der Waals surface area (Å²) in [6.07, 6.45) is 1.72. The van der Waals surface area contributed by atoms with E-state index in [1.807, 2.05) is 4.90 Å². The maximum atomic E-state index is 5.85. The molecule has 0 saturated carbocycles. The number of hydrazone groups is 1. The molecule has 0 aromatic carbocycles. The second-order valence-electron chi connectivity index (χ2n) is 3.29. The molecule has 0 spiro atoms. The highest BCUT2D eigenvalue weighted by Crippen LogP contribution is 2.18. The van der Waals surface area contributed by atoms with E-state index in [0.717, 1.165) is 0 Å². The summed E-state index contributed by atoms with van der Waals surface area (Å²) in [5.74, 6) is 0. The van der Waals surface area contributed by atoms with Gasteiger partial charge in [0.1, 0.15) is 6.34 Å². The van der Waals surface area contributed by atoms with E-state index in [1.54, 1.807) is 6.34 Å². The van der Waals surface area contributed by atoms with Crippen molar-refractivity contribution >= 4 is 17.9 Å². The number of halogens is 1. The van der Waals surface area contributed by atoms with Crippen molar-refractivity contribution in [3.63, 3.8) is 0 Å². The molecule has 1 aliphatic rings. The van der Waals surface area contributed by atoms with Crippen LogP contribution in [0.25, 0.3) is 0 Å². The lowest BCUT2D eigenvalue weighted by molar-refractivity contribution is 0.227. The van der Waals surface area contributed by atoms with Gasteiger partial charge in [0.05, 0.1) is 0 Å². The minimum absolute atomic E-state index is 0.0411. The molecule has 0 aliphatic carbocycles. The van der Waals surface area contributed by atoms with Gasteiger partial charge >= 0.3 is 0 Å². The van der Waals surface area contributed by atoms with Crippen LogP contribution in [0.1, 0.15) is 20.8 Å². The van der Waals surface area contributed by atoms with Crippen molar-refractivity contribution < 1.29 is 0 Å². The first kappa shape index (κ1) is 7.66. The summed E-state index contributed by atoms with van der Waals surface area (Å²) >= 11 is 5.85. The third-order valence-electron chi connectivity index (χ3n) is 1.38. The molecule has 3 nitrogen and oxygen atoms in total. The molecule has 1 rings (SSSR count). The number of nitrogens with zero attached hydrogens (tertiary/aromatic N) is 2. The fourth-order valence-corrected chi connectivity index (χ4v) is 1.19. The second-order valence-corrected chi connectivity index (χ2v) is 3.70. The normalized spacial score (nSPS) is 25.2. The van der Waals surface area contributed by atoms with Gasteiger partial charge in [0.15, 0.2) is 5.62 Å². The molecule has 0 bridgehead atoms. The first-order chi connectivity index (χ1) is 4.52. The first-order valence-corrected chi connectivity index (χ1v) is 3.67. The van der Waals surface area contributed by atoms with E-state index in [4.69, 9.17) is 11.6 Å². The molecular weight excluding hydrogens is 150 g/mol. The summed E-state index contributed by atoms with van der Waals surface area (Å²) < 4.78 is 0. The van der Waals surface area contributed by atoms with Gasteiger partial charge in [-0.1, -0.05) is 11.6 Å². The van der Waals surface area contributed by atoms with Crippen molar-refractivity contribution in [1.29, 1.82) is 0 Å². The highest BCUT2D eigenvalue weighted by atomic mass is 35.5. The molecule has 0 amide bonds. The van der Waals surface area contributed by atoms with Crippen LogP contribution >= 0.6 is 11.6 Å². The fraction of sp³-hybridized carbons (Fsp3) is 0.833. The SMILES string of the molecule is CC(C)(C)N1C=NNC1Cl. The van der Waals surface area contributed by atoms with Gasteiger partial charge in [0, 0.05) is 5.54 Å². The Hall–Kier alpha value is -0.440. The summed E-state index contributed by atoms with van der Waals surface area (Å²) in [5.41, 5.74) is 2.58. The Kier molecular flexibility index (Phi) is 1.77. The third kappa shape index (κ3) is 1.34. The Balaban J connectivity index is 2.64. The summed E-state index contributed by atoms with van der Waals surface area (Å²) in [4.78, 5) is 1.95. The van der Waals surface area contributed by atoms with E-state index in [1.165, 1.54) is 0 Å². The van der Waals surface area contributed by atoms with Crippen molar-refractivity contribution in [3.8, 4) is 0 Å². The van der Waals surface area contributed by atoms with E-state index in [2.05, 4.69) is 31.3 Å². The van der Waals surface area contributed by atoms with Gasteiger partial charge in [0.2, 0.25) is 0 Å². The Labute approximate surface area is 66.0 Å². The largest absolute Gasteiger partial charge is 0.322 e. The van der Waals surface area contributed by atoms with E-state index >= 15 is 0 Å². The Morgan fingerprint density at radius 1 is 1.60 bits per heavy atom. The lowest BCUT2D eigenvalue weighted by Crippen LogP contribution is -2.45. The molecule has 0 aromatic heterocycles. The minimum atomic E-state index is -0.194. The van der Waals surface area contributed by atoms with Gasteiger partial charge < -0.3 is 4.90 Å². The van der Waals surface area contributed by atoms with Crippen molar-refractivity contribution in [2.75, 3.05) is 0 Å². The van der Waals surface area contributed by atoms with Crippen LogP contribution in [0.4, 0.5) is 0 Å². The minimum Gasteiger partial charge on any atom is -0.322 e. The molecule has 1 aliphatic heterocycles. The number of rotatable bonds is 0. The topological polar surface area (TPSA) is 27.6 Å². The molecule has 10 heavy (non-hydrogen) atoms. The van der Waals surface area contributed by atoms with Gasteiger partial charge in [0.25, 0.3) is 0 Å². The van der Waals surface area contributed by atoms with Gasteiger partial charge in [-0.15, -0.1) is 0 Å². The summed E-state index contributed by atoms with van der Waals surface area (Å²) in [6.45, 7) is 6.25. The van der Waals surface area contributed by atoms with Gasteiger partial charge in [-0.2, -0.15) is 5.10 Å². The van der Waals surface area contributed by atoms with Crippen LogP contribution < -0.4 is 5.43 Å². The van der Waals surface area contributed by atoms with E-state index in [9.17, 15) is 0 Å². The standard InChI is InChI=1S/C6H12ClN3/c1-6(2,3)10-4-8-9-5(10)7/h4-5,9H,1-3H3. The second kappa shape index (κ2) is 2.31. The molecule has 0 radical (unpaired) electrons. The summed E-state index contributed by atoms with van der Waals surface area (Å²) in [6, 6.07) is 0. The Morgan fingerprint density at radius 3 is 2.40 bits per heavy atom. The highest BCUT2D eigenvalue weighted by Gasteiger charge is 2.27. The zero-order valence-corrected chi connectivity index (χ0v) is 7.18. The quantitative estimate of drug-likeness (QED) is 0.427. The number of alkyl halides is 1. The van der Waals surface area contributed by atoms with E-state index in [0.29, 0.717) is 0 Å². The molecule has 1 atom stereocenters. The van der Waals surface area contributed by atoms with Crippen molar-refractivity contribution in [2.24, 2.45) is 5.10 Å². The molecule has 0 aromatic rings. The van der Waals surface area contributed by atoms with Crippen LogP contribution in [0.3, 0.4) is 0 Å². The molecule has 58 valence electrons. The van der Waals surface area contributed by atoms with Crippen LogP contribution in [0, 0.1) is 0 Å². The monoisotopic (exact) mass is 161 g/mol. The van der Waals surface area contributed by atoms with Crippen molar-refractivity contribution in [1.82, 2.24) is 10.3 Å². The van der Waals surface area contributed by atoms with E-state index in [-0.39, 0.29) is 11.2 Å². The number of hydrogen-bond donors (Lipinski definition) is 1. The molecule has 1 heterocycles. The zero-order chi connectivity index (χ0) is 7.78. The van der Waals surface area contributed by atoms with E-state index < -0.39 is 0 Å². The lowest BCUT2D eigenvalue weighted by atomic mass is 10.1. The third-order valence-corrected chi connectivity index (χ3v) is 1.69. The smallest absolute Gasteiger partial charge is 0.193 e. The predicted octanol–water partition coefficient (Wildman–Crippen LogP) is 1.16. The van der Waals surface area contributed by atoms with Crippen LogP contribution in [0.15, 0.2) is 5.10 Å². The Bertz CT molecular complexity index is 150. The maximum Gasteiger partial charge on any atom is 0.193 e. The number of nitrogens with one attached hydrogen (secondary N) is 1. The molecule has 1 N–H and O–H groups in total. The molecule has 1 unspecified atom stereocenters. The van der Waals surface area contributed by atoms with Crippen molar-refractivity contribution in [2.45, 2.75) is 31.9 Å². The first-order valence-electron chi connectivity index (χ1n) is 3.23. The Morgan fingerprint density at radius 2 is 2.20 bits per heavy atom. The summed E-state index contributed by atoms with van der Waals surface area (Å²) in [7, 11) is 0. The molecule has 0 saturated heterocycles. The van der Waals surface area contributed by atoms with Gasteiger partial charge in [-0.3, -0.25) is 5.43 Å². The van der Waals surface area contributed by atoms with Crippen LogP contribution in [-0.4, -0.2) is 22.4 Å². The van der Waals surface area contributed by atoms with Gasteiger partial charge in [-0.25, -0.2) is 0 Å². The predicted molar refractivity (Wildman–Crippen MR) is 42.9 cm³/mol. The highest BCUT2D eigenvalue weighted by molar-refractivity contribution is 6.21. The molecule has 0 fully saturated rings. The zero-order valence-electron chi connectivity index (χ0n) is 6.43. The fourth-order valence-electron chi connectivity index (χ4n) is 0.791. The van der Waals surface area contributed by atoms with Gasteiger partial charge in [-0.05, 0) is 20.8 Å². The summed E-state index contributed by atoms with van der Waals surface area (Å²) in [5, 5.41) is 3.83. The lowest BCUT2D eigenvalue weighted by Gasteiger charge is -2.32. The molecular formula is C6H12ClN3. The van der Waals surface area contributed by atoms with Crippen LogP contribution in [0.5, 0.6) is 0 Å². The average Bonchev–Trinajstić information content (AvgIpc) is 2.11. The van der Waals surface area contributed by atoms with Crippen LogP contribution in [0.2, 0.25) is 0 Å². The van der Waals surface area contributed by atoms with Crippen molar-refractivity contribution in [3.05, 3.63) is 0 Å².